The van der Waals surface area contributed by atoms with Crippen LogP contribution < -0.4 is 5.32 Å². The molecule has 0 saturated carbocycles. The van der Waals surface area contributed by atoms with Crippen LogP contribution in [-0.4, -0.2) is 29.8 Å². The molecule has 0 bridgehead atoms. The van der Waals surface area contributed by atoms with Crippen molar-refractivity contribution in [2.45, 2.75) is 26.2 Å². The van der Waals surface area contributed by atoms with Gasteiger partial charge in [0.05, 0.1) is 6.54 Å². The average Bonchev–Trinajstić information content (AvgIpc) is 2.93. The maximum Gasteiger partial charge on any atom is 0.243 e. The summed E-state index contributed by atoms with van der Waals surface area (Å²) in [6.07, 6.45) is 0.473. The largest absolute Gasteiger partial charge is 0.333 e. The number of hydrogen-bond donors (Lipinski definition) is 1. The summed E-state index contributed by atoms with van der Waals surface area (Å²) in [6.45, 7) is 4.76. The Morgan fingerprint density at radius 1 is 1.12 bits per heavy atom. The molecule has 4 nitrogen and oxygen atoms in total. The van der Waals surface area contributed by atoms with Crippen LogP contribution >= 0.6 is 0 Å². The molecular weight excluding hydrogens is 300 g/mol. The molecule has 24 heavy (non-hydrogen) atoms. The van der Waals surface area contributed by atoms with Crippen molar-refractivity contribution in [3.05, 3.63) is 65.2 Å². The number of amides is 2. The van der Waals surface area contributed by atoms with Gasteiger partial charge in [0.2, 0.25) is 11.8 Å². The highest BCUT2D eigenvalue weighted by Gasteiger charge is 2.31. The first-order chi connectivity index (χ1) is 11.5. The van der Waals surface area contributed by atoms with E-state index in [2.05, 4.69) is 5.32 Å². The van der Waals surface area contributed by atoms with Crippen molar-refractivity contribution >= 4 is 17.5 Å². The topological polar surface area (TPSA) is 49.4 Å². The van der Waals surface area contributed by atoms with Gasteiger partial charge in [0.1, 0.15) is 0 Å². The minimum atomic E-state index is -0.152. The molecule has 0 spiro atoms. The van der Waals surface area contributed by atoms with E-state index in [4.69, 9.17) is 0 Å². The van der Waals surface area contributed by atoms with Gasteiger partial charge in [-0.1, -0.05) is 36.4 Å². The first kappa shape index (κ1) is 16.2. The van der Waals surface area contributed by atoms with E-state index >= 15 is 0 Å². The van der Waals surface area contributed by atoms with Crippen LogP contribution in [0.25, 0.3) is 0 Å². The van der Waals surface area contributed by atoms with Gasteiger partial charge in [0.25, 0.3) is 0 Å². The second-order valence-electron chi connectivity index (χ2n) is 6.43. The molecule has 1 saturated heterocycles. The summed E-state index contributed by atoms with van der Waals surface area (Å²) in [7, 11) is 0. The Hall–Kier alpha value is -2.62. The second-order valence-corrected chi connectivity index (χ2v) is 6.43. The molecule has 0 unspecified atom stereocenters. The number of nitrogens with zero attached hydrogens (tertiary/aromatic N) is 1. The molecule has 1 heterocycles. The third-order valence-corrected chi connectivity index (χ3v) is 4.61. The molecule has 4 heteroatoms. The van der Waals surface area contributed by atoms with Gasteiger partial charge in [0, 0.05) is 24.6 Å². The van der Waals surface area contributed by atoms with Crippen LogP contribution in [0.3, 0.4) is 0 Å². The fourth-order valence-corrected chi connectivity index (χ4v) is 3.07. The van der Waals surface area contributed by atoms with E-state index in [1.165, 1.54) is 5.56 Å². The number of carbonyl (C=O) groups is 2. The van der Waals surface area contributed by atoms with Crippen LogP contribution in [-0.2, 0) is 9.59 Å². The highest BCUT2D eigenvalue weighted by molar-refractivity contribution is 5.95. The van der Waals surface area contributed by atoms with E-state index in [1.54, 1.807) is 4.90 Å². The minimum Gasteiger partial charge on any atom is -0.333 e. The van der Waals surface area contributed by atoms with Crippen molar-refractivity contribution in [3.63, 3.8) is 0 Å². The van der Waals surface area contributed by atoms with E-state index in [-0.39, 0.29) is 24.3 Å². The molecule has 2 amide bonds. The second kappa shape index (κ2) is 6.87. The molecule has 1 atom stereocenters. The van der Waals surface area contributed by atoms with Crippen molar-refractivity contribution in [1.82, 2.24) is 4.90 Å². The zero-order chi connectivity index (χ0) is 17.1. The van der Waals surface area contributed by atoms with Gasteiger partial charge in [-0.05, 0) is 42.7 Å². The maximum atomic E-state index is 12.2. The number of hydrogen-bond acceptors (Lipinski definition) is 2. The third-order valence-electron chi connectivity index (χ3n) is 4.61. The van der Waals surface area contributed by atoms with E-state index in [0.29, 0.717) is 13.0 Å². The highest BCUT2D eigenvalue weighted by Crippen LogP contribution is 2.27. The fourth-order valence-electron chi connectivity index (χ4n) is 3.07. The third kappa shape index (κ3) is 3.65. The van der Waals surface area contributed by atoms with Crippen LogP contribution in [0.5, 0.6) is 0 Å². The molecule has 1 N–H and O–H groups in total. The lowest BCUT2D eigenvalue weighted by Gasteiger charge is -2.17. The van der Waals surface area contributed by atoms with Crippen LogP contribution in [0, 0.1) is 13.8 Å². The molecule has 0 radical (unpaired) electrons. The van der Waals surface area contributed by atoms with Gasteiger partial charge in [-0.25, -0.2) is 0 Å². The van der Waals surface area contributed by atoms with Crippen molar-refractivity contribution in [1.29, 1.82) is 0 Å². The van der Waals surface area contributed by atoms with Crippen LogP contribution in [0.15, 0.2) is 48.5 Å². The molecular formula is C20H22N2O2. The lowest BCUT2D eigenvalue weighted by Crippen LogP contribution is -2.34. The summed E-state index contributed by atoms with van der Waals surface area (Å²) in [5.41, 5.74) is 4.25. The molecule has 3 rings (SSSR count). The molecule has 124 valence electrons. The van der Waals surface area contributed by atoms with Gasteiger partial charge < -0.3 is 10.2 Å². The predicted molar refractivity (Wildman–Crippen MR) is 94.9 cm³/mol. The monoisotopic (exact) mass is 322 g/mol. The Labute approximate surface area is 142 Å². The first-order valence-electron chi connectivity index (χ1n) is 8.23. The summed E-state index contributed by atoms with van der Waals surface area (Å²) in [6, 6.07) is 15.8. The SMILES string of the molecule is Cc1ccc(NC(=O)CN2C[C@@H](c3ccccc3)CC2=O)cc1C. The molecule has 1 aliphatic heterocycles. The molecule has 0 aliphatic carbocycles. The predicted octanol–water partition coefficient (Wildman–Crippen LogP) is 3.26. The molecule has 1 aliphatic rings. The smallest absolute Gasteiger partial charge is 0.243 e. The van der Waals surface area contributed by atoms with E-state index < -0.39 is 0 Å². The molecule has 1 fully saturated rings. The Kier molecular flexibility index (Phi) is 4.65. The highest BCUT2D eigenvalue weighted by atomic mass is 16.2. The Morgan fingerprint density at radius 2 is 1.88 bits per heavy atom. The van der Waals surface area contributed by atoms with Crippen molar-refractivity contribution < 1.29 is 9.59 Å². The Morgan fingerprint density at radius 3 is 2.58 bits per heavy atom. The van der Waals surface area contributed by atoms with Gasteiger partial charge >= 0.3 is 0 Å². The molecule has 2 aromatic carbocycles. The zero-order valence-corrected chi connectivity index (χ0v) is 14.1. The van der Waals surface area contributed by atoms with Gasteiger partial charge in [-0.3, -0.25) is 9.59 Å². The molecule has 0 aromatic heterocycles. The lowest BCUT2D eigenvalue weighted by molar-refractivity contribution is -0.131. The lowest BCUT2D eigenvalue weighted by atomic mass is 9.99. The summed E-state index contributed by atoms with van der Waals surface area (Å²) < 4.78 is 0. The summed E-state index contributed by atoms with van der Waals surface area (Å²) >= 11 is 0. The van der Waals surface area contributed by atoms with Crippen LogP contribution in [0.2, 0.25) is 0 Å². The molecule has 2 aromatic rings. The van der Waals surface area contributed by atoms with E-state index in [1.807, 2.05) is 62.4 Å². The number of nitrogens with one attached hydrogen (secondary N) is 1. The van der Waals surface area contributed by atoms with E-state index in [9.17, 15) is 9.59 Å². The maximum absolute atomic E-state index is 12.2. The summed E-state index contributed by atoms with van der Waals surface area (Å²) in [5, 5.41) is 2.88. The number of likely N-dealkylation sites (tertiary alicyclic amines) is 1. The van der Waals surface area contributed by atoms with Gasteiger partial charge in [-0.2, -0.15) is 0 Å². The van der Waals surface area contributed by atoms with Crippen LogP contribution in [0.1, 0.15) is 29.0 Å². The average molecular weight is 322 g/mol. The van der Waals surface area contributed by atoms with E-state index in [0.717, 1.165) is 16.8 Å². The number of benzene rings is 2. The van der Waals surface area contributed by atoms with Crippen molar-refractivity contribution in [3.8, 4) is 0 Å². The quantitative estimate of drug-likeness (QED) is 0.939. The number of anilines is 1. The van der Waals surface area contributed by atoms with Gasteiger partial charge in [0.15, 0.2) is 0 Å². The Balaban J connectivity index is 1.60. The Bertz CT molecular complexity index is 755. The normalized spacial score (nSPS) is 17.2. The number of aryl methyl sites for hydroxylation is 2. The summed E-state index contributed by atoms with van der Waals surface area (Å²) in [5.74, 6) is 0.0625. The first-order valence-corrected chi connectivity index (χ1v) is 8.23. The number of carbonyl (C=O) groups excluding carboxylic acids is 2. The van der Waals surface area contributed by atoms with Crippen molar-refractivity contribution in [2.24, 2.45) is 0 Å². The summed E-state index contributed by atoms with van der Waals surface area (Å²) in [4.78, 5) is 26.1. The fraction of sp³-hybridized carbons (Fsp3) is 0.300. The van der Waals surface area contributed by atoms with Crippen LogP contribution in [0.4, 0.5) is 5.69 Å². The van der Waals surface area contributed by atoms with Gasteiger partial charge in [-0.15, -0.1) is 0 Å². The minimum absolute atomic E-state index is 0.0408. The zero-order valence-electron chi connectivity index (χ0n) is 14.1. The standard InChI is InChI=1S/C20H22N2O2/c1-14-8-9-18(10-15(14)2)21-19(23)13-22-12-17(11-20(22)24)16-6-4-3-5-7-16/h3-10,17H,11-13H2,1-2H3,(H,21,23)/t17-/m0/s1. The van der Waals surface area contributed by atoms with Crippen molar-refractivity contribution in [2.75, 3.05) is 18.4 Å². The number of rotatable bonds is 4.